The summed E-state index contributed by atoms with van der Waals surface area (Å²) in [5, 5.41) is 6.44. The number of urea groups is 1. The number of hydrogen-bond donors (Lipinski definition) is 3. The highest BCUT2D eigenvalue weighted by Gasteiger charge is 2.25. The Bertz CT molecular complexity index is 1100. The van der Waals surface area contributed by atoms with E-state index in [0.717, 1.165) is 43.4 Å². The lowest BCUT2D eigenvalue weighted by Crippen LogP contribution is -2.43. The van der Waals surface area contributed by atoms with Crippen LogP contribution in [0.5, 0.6) is 0 Å². The van der Waals surface area contributed by atoms with Gasteiger partial charge in [-0.2, -0.15) is 0 Å². The van der Waals surface area contributed by atoms with Gasteiger partial charge in [0.1, 0.15) is 0 Å². The van der Waals surface area contributed by atoms with Gasteiger partial charge in [0.15, 0.2) is 0 Å². The minimum absolute atomic E-state index is 0.214. The molecule has 6 nitrogen and oxygen atoms in total. The van der Waals surface area contributed by atoms with Gasteiger partial charge in [0.25, 0.3) is 0 Å². The molecule has 0 bridgehead atoms. The highest BCUT2D eigenvalue weighted by atomic mass is 35.5. The molecule has 0 radical (unpaired) electrons. The Morgan fingerprint density at radius 1 is 0.889 bits per heavy atom. The molecule has 0 aliphatic carbocycles. The maximum absolute atomic E-state index is 12.1. The normalized spacial score (nSPS) is 12.4. The highest BCUT2D eigenvalue weighted by Crippen LogP contribution is 2.24. The van der Waals surface area contributed by atoms with Crippen LogP contribution in [0.15, 0.2) is 78.9 Å². The van der Waals surface area contributed by atoms with Crippen molar-refractivity contribution in [3.8, 4) is 0 Å². The van der Waals surface area contributed by atoms with Gasteiger partial charge in [-0.15, -0.1) is 0 Å². The number of halogens is 1. The maximum Gasteiger partial charge on any atom is 0.337 e. The van der Waals surface area contributed by atoms with Crippen molar-refractivity contribution >= 4 is 29.3 Å². The van der Waals surface area contributed by atoms with Crippen LogP contribution in [-0.2, 0) is 17.6 Å². The van der Waals surface area contributed by atoms with Crippen molar-refractivity contribution in [2.75, 3.05) is 19.0 Å². The van der Waals surface area contributed by atoms with Gasteiger partial charge in [-0.3, -0.25) is 0 Å². The summed E-state index contributed by atoms with van der Waals surface area (Å²) in [4.78, 5) is 23.9. The number of rotatable bonds is 12. The Balaban J connectivity index is 1.54. The molecule has 4 N–H and O–H groups in total. The summed E-state index contributed by atoms with van der Waals surface area (Å²) in [6.45, 7) is 0.569. The third-order valence-electron chi connectivity index (χ3n) is 6.17. The molecule has 3 aromatic carbocycles. The number of anilines is 1. The monoisotopic (exact) mass is 507 g/mol. The first-order valence-corrected chi connectivity index (χ1v) is 12.6. The largest absolute Gasteiger partial charge is 0.465 e. The summed E-state index contributed by atoms with van der Waals surface area (Å²) in [6.07, 6.45) is 4.83. The van der Waals surface area contributed by atoms with Gasteiger partial charge in [0, 0.05) is 22.8 Å². The Morgan fingerprint density at radius 2 is 1.56 bits per heavy atom. The number of carbonyl (C=O) groups excluding carboxylic acids is 2. The maximum atomic E-state index is 12.1. The molecule has 1 unspecified atom stereocenters. The molecule has 7 heteroatoms. The Kier molecular flexibility index (Phi) is 10.3. The van der Waals surface area contributed by atoms with E-state index >= 15 is 0 Å². The number of amides is 2. The van der Waals surface area contributed by atoms with Gasteiger partial charge in [-0.05, 0) is 86.1 Å². The Hall–Kier alpha value is -3.35. The molecule has 0 aromatic heterocycles. The molecular weight excluding hydrogens is 474 g/mol. The van der Waals surface area contributed by atoms with Crippen molar-refractivity contribution < 1.29 is 14.3 Å². The second-order valence-corrected chi connectivity index (χ2v) is 9.49. The van der Waals surface area contributed by atoms with Crippen LogP contribution in [0.2, 0.25) is 5.02 Å². The van der Waals surface area contributed by atoms with Crippen molar-refractivity contribution in [1.29, 1.82) is 0 Å². The van der Waals surface area contributed by atoms with E-state index in [9.17, 15) is 9.59 Å². The fraction of sp³-hybridized carbons (Fsp3) is 0.310. The standard InChI is InChI=1S/C29H34ClN3O3/c1-36-27(34)24-13-9-23(10-14-24)21-29(31,19-17-22-11-15-25(30)16-12-22)18-5-6-20-32-28(35)33-26-7-3-2-4-8-26/h2-4,7-16H,5-6,17-21,31H2,1H3,(H2,32,33,35). The fourth-order valence-electron chi connectivity index (χ4n) is 4.13. The average molecular weight is 508 g/mol. The van der Waals surface area contributed by atoms with Crippen LogP contribution in [0, 0.1) is 0 Å². The summed E-state index contributed by atoms with van der Waals surface area (Å²) >= 11 is 6.03. The molecule has 0 fully saturated rings. The molecule has 0 heterocycles. The van der Waals surface area contributed by atoms with Gasteiger partial charge in [0.2, 0.25) is 0 Å². The molecule has 0 saturated heterocycles. The fourth-order valence-corrected chi connectivity index (χ4v) is 4.26. The van der Waals surface area contributed by atoms with Gasteiger partial charge in [0.05, 0.1) is 12.7 Å². The van der Waals surface area contributed by atoms with Crippen LogP contribution >= 0.6 is 11.6 Å². The number of benzene rings is 3. The van der Waals surface area contributed by atoms with Gasteiger partial charge >= 0.3 is 12.0 Å². The zero-order valence-electron chi connectivity index (χ0n) is 20.6. The van der Waals surface area contributed by atoms with Crippen molar-refractivity contribution in [3.63, 3.8) is 0 Å². The quantitative estimate of drug-likeness (QED) is 0.207. The lowest BCUT2D eigenvalue weighted by molar-refractivity contribution is 0.0600. The molecule has 0 spiro atoms. The average Bonchev–Trinajstić information content (AvgIpc) is 2.89. The van der Waals surface area contributed by atoms with Crippen LogP contribution in [0.4, 0.5) is 10.5 Å². The molecule has 3 rings (SSSR count). The topological polar surface area (TPSA) is 93.4 Å². The molecule has 0 saturated carbocycles. The summed E-state index contributed by atoms with van der Waals surface area (Å²) in [5.74, 6) is -0.355. The third kappa shape index (κ3) is 9.02. The second kappa shape index (κ2) is 13.7. The van der Waals surface area contributed by atoms with Crippen molar-refractivity contribution in [1.82, 2.24) is 5.32 Å². The minimum Gasteiger partial charge on any atom is -0.465 e. The van der Waals surface area contributed by atoms with Crippen LogP contribution < -0.4 is 16.4 Å². The minimum atomic E-state index is -0.432. The molecule has 36 heavy (non-hydrogen) atoms. The summed E-state index contributed by atoms with van der Waals surface area (Å²) in [6, 6.07) is 24.4. The van der Waals surface area contributed by atoms with Crippen LogP contribution in [0.3, 0.4) is 0 Å². The van der Waals surface area contributed by atoms with Crippen LogP contribution in [0.1, 0.15) is 47.2 Å². The summed E-state index contributed by atoms with van der Waals surface area (Å²) < 4.78 is 4.79. The molecular formula is C29H34ClN3O3. The molecule has 1 atom stereocenters. The van der Waals surface area contributed by atoms with Crippen molar-refractivity contribution in [2.24, 2.45) is 5.73 Å². The number of ether oxygens (including phenoxy) is 1. The first kappa shape index (κ1) is 27.2. The predicted octanol–water partition coefficient (Wildman–Crippen LogP) is 5.99. The van der Waals surface area contributed by atoms with Crippen LogP contribution in [0.25, 0.3) is 0 Å². The lowest BCUT2D eigenvalue weighted by atomic mass is 9.82. The molecule has 190 valence electrons. The zero-order chi connectivity index (χ0) is 25.8. The van der Waals surface area contributed by atoms with E-state index in [1.54, 1.807) is 12.1 Å². The van der Waals surface area contributed by atoms with E-state index in [1.807, 2.05) is 66.7 Å². The van der Waals surface area contributed by atoms with E-state index in [4.69, 9.17) is 22.1 Å². The first-order valence-electron chi connectivity index (χ1n) is 12.2. The number of carbonyl (C=O) groups is 2. The molecule has 3 aromatic rings. The smallest absolute Gasteiger partial charge is 0.337 e. The van der Waals surface area contributed by atoms with E-state index in [2.05, 4.69) is 10.6 Å². The predicted molar refractivity (Wildman–Crippen MR) is 145 cm³/mol. The number of esters is 1. The Morgan fingerprint density at radius 3 is 2.22 bits per heavy atom. The molecule has 0 aliphatic heterocycles. The number of aryl methyl sites for hydroxylation is 1. The zero-order valence-corrected chi connectivity index (χ0v) is 21.4. The molecule has 2 amide bonds. The SMILES string of the molecule is COC(=O)c1ccc(CC(N)(CCCCNC(=O)Nc2ccccc2)CCc2ccc(Cl)cc2)cc1. The van der Waals surface area contributed by atoms with Gasteiger partial charge in [-0.1, -0.05) is 54.1 Å². The summed E-state index contributed by atoms with van der Waals surface area (Å²) in [5.41, 5.74) is 10.1. The van der Waals surface area contributed by atoms with E-state index in [0.29, 0.717) is 23.6 Å². The third-order valence-corrected chi connectivity index (χ3v) is 6.43. The first-order chi connectivity index (χ1) is 17.4. The Labute approximate surface area is 218 Å². The van der Waals surface area contributed by atoms with Gasteiger partial charge < -0.3 is 21.1 Å². The number of methoxy groups -OCH3 is 1. The summed E-state index contributed by atoms with van der Waals surface area (Å²) in [7, 11) is 1.37. The highest BCUT2D eigenvalue weighted by molar-refractivity contribution is 6.30. The lowest BCUT2D eigenvalue weighted by Gasteiger charge is -2.30. The van der Waals surface area contributed by atoms with E-state index in [-0.39, 0.29) is 12.0 Å². The number of hydrogen-bond acceptors (Lipinski definition) is 4. The number of nitrogens with one attached hydrogen (secondary N) is 2. The number of nitrogens with two attached hydrogens (primary N) is 1. The molecule has 0 aliphatic rings. The van der Waals surface area contributed by atoms with E-state index < -0.39 is 5.54 Å². The van der Waals surface area contributed by atoms with Gasteiger partial charge in [-0.25, -0.2) is 9.59 Å². The van der Waals surface area contributed by atoms with Crippen molar-refractivity contribution in [2.45, 2.75) is 44.1 Å². The van der Waals surface area contributed by atoms with Crippen LogP contribution in [-0.4, -0.2) is 31.2 Å². The van der Waals surface area contributed by atoms with E-state index in [1.165, 1.54) is 12.7 Å². The van der Waals surface area contributed by atoms with Crippen molar-refractivity contribution in [3.05, 3.63) is 101 Å². The number of para-hydroxylation sites is 1. The second-order valence-electron chi connectivity index (χ2n) is 9.06. The number of unbranched alkanes of at least 4 members (excludes halogenated alkanes) is 1.